The molecule has 2 N–H and O–H groups in total. The van der Waals surface area contributed by atoms with Crippen molar-refractivity contribution in [1.29, 1.82) is 0 Å². The third-order valence-electron chi connectivity index (χ3n) is 0.671. The van der Waals surface area contributed by atoms with Crippen molar-refractivity contribution in [2.24, 2.45) is 0 Å². The predicted molar refractivity (Wildman–Crippen MR) is 40.9 cm³/mol. The minimum absolute atomic E-state index is 1.21. The minimum atomic E-state index is -2.87. The van der Waals surface area contributed by atoms with Gasteiger partial charge in [0, 0.05) is 4.57 Å². The van der Waals surface area contributed by atoms with E-state index < -0.39 is 8.25 Å². The summed E-state index contributed by atoms with van der Waals surface area (Å²) in [5, 5.41) is 0. The van der Waals surface area contributed by atoms with Crippen LogP contribution in [0.4, 0.5) is 0 Å². The van der Waals surface area contributed by atoms with Gasteiger partial charge in [-0.15, -0.1) is 9.79 Å². The Morgan fingerprint density at radius 3 is 1.70 bits per heavy atom. The molecule has 0 aromatic heterocycles. The molecule has 0 saturated carbocycles. The molecule has 10 heavy (non-hydrogen) atoms. The Morgan fingerprint density at radius 1 is 1.40 bits per heavy atom. The molecule has 0 aromatic carbocycles. The first kappa shape index (κ1) is 12.6. The zero-order valence-corrected chi connectivity index (χ0v) is 7.51. The summed E-state index contributed by atoms with van der Waals surface area (Å²) >= 11 is 0. The fourth-order valence-electron chi connectivity index (χ4n) is 0.447. The molecule has 0 unspecified atom stereocenters. The van der Waals surface area contributed by atoms with Crippen LogP contribution in [0.5, 0.6) is 0 Å². The van der Waals surface area contributed by atoms with Gasteiger partial charge in [0.25, 0.3) is 0 Å². The summed E-state index contributed by atoms with van der Waals surface area (Å²) in [5.41, 5.74) is 0. The second-order valence-corrected chi connectivity index (χ2v) is 2.56. The predicted octanol–water partition coefficient (Wildman–Crippen LogP) is 0.586. The average Bonchev–Trinajstić information content (AvgIpc) is 1.62. The van der Waals surface area contributed by atoms with Crippen molar-refractivity contribution in [3.8, 4) is 0 Å². The van der Waals surface area contributed by atoms with E-state index in [0.717, 1.165) is 0 Å². The van der Waals surface area contributed by atoms with Crippen molar-refractivity contribution in [3.05, 3.63) is 0 Å². The monoisotopic (exact) mass is 168 g/mol. The molecule has 0 radical (unpaired) electrons. The van der Waals surface area contributed by atoms with Gasteiger partial charge >= 0.3 is 8.25 Å². The van der Waals surface area contributed by atoms with Gasteiger partial charge in [-0.2, -0.15) is 0 Å². The SMILES string of the molecule is CCCN(C)C.O=[P+](O)O. The summed E-state index contributed by atoms with van der Waals surface area (Å²) in [4.78, 5) is 16.4. The van der Waals surface area contributed by atoms with E-state index in [0.29, 0.717) is 0 Å². The summed E-state index contributed by atoms with van der Waals surface area (Å²) in [6, 6.07) is 0. The molecule has 5 heteroatoms. The summed E-state index contributed by atoms with van der Waals surface area (Å²) < 4.78 is 8.70. The van der Waals surface area contributed by atoms with Gasteiger partial charge < -0.3 is 4.90 Å². The van der Waals surface area contributed by atoms with E-state index in [-0.39, 0.29) is 0 Å². The molecule has 0 heterocycles. The lowest BCUT2D eigenvalue weighted by molar-refractivity contribution is 0.405. The van der Waals surface area contributed by atoms with Gasteiger partial charge in [0.2, 0.25) is 0 Å². The molecule has 62 valence electrons. The van der Waals surface area contributed by atoms with Crippen molar-refractivity contribution < 1.29 is 14.4 Å². The van der Waals surface area contributed by atoms with Gasteiger partial charge in [0.05, 0.1) is 0 Å². The van der Waals surface area contributed by atoms with Gasteiger partial charge in [0.1, 0.15) is 0 Å². The maximum Gasteiger partial charge on any atom is 0.692 e. The highest BCUT2D eigenvalue weighted by atomic mass is 31.1. The first-order valence-electron chi connectivity index (χ1n) is 3.00. The lowest BCUT2D eigenvalue weighted by Crippen LogP contribution is -2.11. The zero-order valence-electron chi connectivity index (χ0n) is 6.61. The highest BCUT2D eigenvalue weighted by Gasteiger charge is 1.93. The minimum Gasteiger partial charge on any atom is -0.309 e. The molecular weight excluding hydrogens is 153 g/mol. The quantitative estimate of drug-likeness (QED) is 0.592. The third-order valence-corrected chi connectivity index (χ3v) is 0.671. The highest BCUT2D eigenvalue weighted by Crippen LogP contribution is 1.98. The Bertz CT molecular complexity index is 83.0. The van der Waals surface area contributed by atoms with E-state index in [9.17, 15) is 0 Å². The fraction of sp³-hybridized carbons (Fsp3) is 1.00. The van der Waals surface area contributed by atoms with Crippen LogP contribution in [0.3, 0.4) is 0 Å². The Balaban J connectivity index is 0. The fourth-order valence-corrected chi connectivity index (χ4v) is 0.447. The van der Waals surface area contributed by atoms with E-state index in [1.54, 1.807) is 0 Å². The molecule has 0 spiro atoms. The topological polar surface area (TPSA) is 60.8 Å². The summed E-state index contributed by atoms with van der Waals surface area (Å²) in [6.45, 7) is 3.39. The maximum absolute atomic E-state index is 8.70. The molecule has 0 aromatic rings. The van der Waals surface area contributed by atoms with Crippen LogP contribution < -0.4 is 0 Å². The number of hydrogen-bond donors (Lipinski definition) is 2. The van der Waals surface area contributed by atoms with Crippen LogP contribution in [0.15, 0.2) is 0 Å². The molecule has 0 aliphatic carbocycles. The molecule has 0 fully saturated rings. The van der Waals surface area contributed by atoms with Crippen molar-refractivity contribution >= 4 is 8.25 Å². The lowest BCUT2D eigenvalue weighted by Gasteiger charge is -2.03. The molecule has 0 aliphatic rings. The van der Waals surface area contributed by atoms with Crippen LogP contribution in [-0.4, -0.2) is 35.3 Å². The molecule has 4 nitrogen and oxygen atoms in total. The second kappa shape index (κ2) is 8.98. The van der Waals surface area contributed by atoms with Gasteiger partial charge in [-0.1, -0.05) is 6.92 Å². The number of nitrogens with zero attached hydrogens (tertiary/aromatic N) is 1. The second-order valence-electron chi connectivity index (χ2n) is 2.06. The summed E-state index contributed by atoms with van der Waals surface area (Å²) in [6.07, 6.45) is 1.26. The van der Waals surface area contributed by atoms with Crippen LogP contribution in [0.2, 0.25) is 0 Å². The molecule has 0 amide bonds. The van der Waals surface area contributed by atoms with E-state index in [2.05, 4.69) is 25.9 Å². The van der Waals surface area contributed by atoms with Crippen LogP contribution in [0.25, 0.3) is 0 Å². The normalized spacial score (nSPS) is 8.60. The van der Waals surface area contributed by atoms with Gasteiger partial charge in [0.15, 0.2) is 0 Å². The van der Waals surface area contributed by atoms with Crippen LogP contribution in [-0.2, 0) is 4.57 Å². The Morgan fingerprint density at radius 2 is 1.70 bits per heavy atom. The lowest BCUT2D eigenvalue weighted by atomic mass is 10.5. The first-order chi connectivity index (χ1) is 4.50. The largest absolute Gasteiger partial charge is 0.692 e. The molecule has 0 bridgehead atoms. The Labute approximate surface area is 62.4 Å². The van der Waals surface area contributed by atoms with Crippen LogP contribution in [0.1, 0.15) is 13.3 Å². The van der Waals surface area contributed by atoms with Gasteiger partial charge in [-0.25, -0.2) is 0 Å². The smallest absolute Gasteiger partial charge is 0.309 e. The molecule has 0 atom stereocenters. The van der Waals surface area contributed by atoms with Crippen LogP contribution >= 0.6 is 8.25 Å². The van der Waals surface area contributed by atoms with E-state index >= 15 is 0 Å². The van der Waals surface area contributed by atoms with Gasteiger partial charge in [-0.05, 0) is 27.1 Å². The standard InChI is InChI=1S/C5H13N.HO3P/c1-4-5-6(2)3;1-4(2)3/h4-5H2,1-3H3;(H-,1,2,3)/p+1. The molecular formula is C5H15NO3P+. The first-order valence-corrected chi connectivity index (χ1v) is 4.17. The highest BCUT2D eigenvalue weighted by molar-refractivity contribution is 7.30. The Hall–Kier alpha value is -0.0200. The summed E-state index contributed by atoms with van der Waals surface area (Å²) in [7, 11) is 1.30. The number of rotatable bonds is 2. The van der Waals surface area contributed by atoms with Crippen molar-refractivity contribution in [3.63, 3.8) is 0 Å². The molecule has 0 rings (SSSR count). The van der Waals surface area contributed by atoms with Crippen molar-refractivity contribution in [2.45, 2.75) is 13.3 Å². The molecule has 0 aliphatic heterocycles. The van der Waals surface area contributed by atoms with Crippen molar-refractivity contribution in [2.75, 3.05) is 20.6 Å². The molecule has 0 saturated heterocycles. The van der Waals surface area contributed by atoms with E-state index in [1.807, 2.05) is 0 Å². The maximum atomic E-state index is 8.70. The third kappa shape index (κ3) is 43.8. The zero-order chi connectivity index (χ0) is 8.57. The number of hydrogen-bond acceptors (Lipinski definition) is 2. The van der Waals surface area contributed by atoms with E-state index in [1.165, 1.54) is 13.0 Å². The summed E-state index contributed by atoms with van der Waals surface area (Å²) in [5.74, 6) is 0. The van der Waals surface area contributed by atoms with Crippen LogP contribution in [0, 0.1) is 0 Å². The van der Waals surface area contributed by atoms with Gasteiger partial charge in [-0.3, -0.25) is 0 Å². The van der Waals surface area contributed by atoms with E-state index in [4.69, 9.17) is 14.4 Å². The Kier molecular flexibility index (Phi) is 11.3. The average molecular weight is 168 g/mol. The van der Waals surface area contributed by atoms with Crippen molar-refractivity contribution in [1.82, 2.24) is 4.90 Å².